The molecule has 0 saturated heterocycles. The fourth-order valence-electron chi connectivity index (χ4n) is 1.95. The first-order valence-corrected chi connectivity index (χ1v) is 6.71. The molecule has 0 saturated carbocycles. The fourth-order valence-corrected chi connectivity index (χ4v) is 2.45. The molecule has 0 bridgehead atoms. The lowest BCUT2D eigenvalue weighted by Crippen LogP contribution is -2.20. The summed E-state index contributed by atoms with van der Waals surface area (Å²) in [6, 6.07) is 3.84. The van der Waals surface area contributed by atoms with Crippen molar-refractivity contribution < 1.29 is 9.13 Å². The lowest BCUT2D eigenvalue weighted by Gasteiger charge is -2.16. The van der Waals surface area contributed by atoms with Gasteiger partial charge in [-0.25, -0.2) is 4.39 Å². The molecule has 2 rings (SSSR count). The Kier molecular flexibility index (Phi) is 4.99. The topological polar surface area (TPSA) is 53.1 Å². The van der Waals surface area contributed by atoms with Crippen molar-refractivity contribution in [2.24, 2.45) is 5.73 Å². The van der Waals surface area contributed by atoms with Gasteiger partial charge in [-0.2, -0.15) is 5.10 Å². The van der Waals surface area contributed by atoms with E-state index in [0.29, 0.717) is 29.4 Å². The first kappa shape index (κ1) is 15.3. The third-order valence-corrected chi connectivity index (χ3v) is 3.64. The minimum absolute atomic E-state index is 0.00411. The highest BCUT2D eigenvalue weighted by Crippen LogP contribution is 2.31. The summed E-state index contributed by atoms with van der Waals surface area (Å²) in [5, 5.41) is 4.55. The molecule has 1 aromatic heterocycles. The average molecular weight is 318 g/mol. The summed E-state index contributed by atoms with van der Waals surface area (Å²) in [5.74, 6) is -0.515. The number of nitrogens with two attached hydrogens (primary N) is 1. The van der Waals surface area contributed by atoms with E-state index < -0.39 is 11.9 Å². The van der Waals surface area contributed by atoms with E-state index in [4.69, 9.17) is 33.7 Å². The number of rotatable bonds is 5. The molecule has 0 amide bonds. The Hall–Kier alpha value is -1.14. The maximum Gasteiger partial charge on any atom is 0.142 e. The molecule has 1 aromatic carbocycles. The lowest BCUT2D eigenvalue weighted by atomic mass is 10.0. The smallest absolute Gasteiger partial charge is 0.142 e. The molecular weight excluding hydrogens is 304 g/mol. The molecule has 0 radical (unpaired) electrons. The molecule has 1 atom stereocenters. The molecule has 0 aliphatic carbocycles. The van der Waals surface area contributed by atoms with E-state index in [1.165, 1.54) is 12.3 Å². The Morgan fingerprint density at radius 3 is 2.90 bits per heavy atom. The van der Waals surface area contributed by atoms with Crippen molar-refractivity contribution in [2.45, 2.75) is 12.6 Å². The van der Waals surface area contributed by atoms with Gasteiger partial charge in [0.2, 0.25) is 0 Å². The van der Waals surface area contributed by atoms with Crippen molar-refractivity contribution in [1.29, 1.82) is 0 Å². The van der Waals surface area contributed by atoms with Crippen LogP contribution in [0.1, 0.15) is 17.3 Å². The molecule has 4 nitrogen and oxygen atoms in total. The van der Waals surface area contributed by atoms with Crippen LogP contribution in [-0.4, -0.2) is 23.5 Å². The highest BCUT2D eigenvalue weighted by molar-refractivity contribution is 6.32. The highest BCUT2D eigenvalue weighted by atomic mass is 35.5. The molecule has 1 heterocycles. The Balaban J connectivity index is 2.40. The van der Waals surface area contributed by atoms with Gasteiger partial charge in [0.25, 0.3) is 0 Å². The average Bonchev–Trinajstić information content (AvgIpc) is 2.80. The van der Waals surface area contributed by atoms with Crippen molar-refractivity contribution in [3.05, 3.63) is 51.5 Å². The second kappa shape index (κ2) is 6.54. The number of benzene rings is 1. The van der Waals surface area contributed by atoms with Crippen LogP contribution in [0.25, 0.3) is 0 Å². The number of nitrogens with zero attached hydrogens (tertiary/aromatic N) is 2. The maximum absolute atomic E-state index is 13.5. The summed E-state index contributed by atoms with van der Waals surface area (Å²) in [4.78, 5) is 0. The van der Waals surface area contributed by atoms with E-state index in [9.17, 15) is 4.39 Å². The second-order valence-electron chi connectivity index (χ2n) is 4.21. The van der Waals surface area contributed by atoms with Crippen LogP contribution in [0.4, 0.5) is 4.39 Å². The Morgan fingerprint density at radius 1 is 1.45 bits per heavy atom. The molecule has 20 heavy (non-hydrogen) atoms. The largest absolute Gasteiger partial charge is 0.383 e. The number of hydrogen-bond acceptors (Lipinski definition) is 3. The van der Waals surface area contributed by atoms with Gasteiger partial charge in [-0.1, -0.05) is 35.3 Å². The van der Waals surface area contributed by atoms with Crippen LogP contribution in [0, 0.1) is 5.82 Å². The Bertz CT molecular complexity index is 603. The van der Waals surface area contributed by atoms with Crippen LogP contribution in [0.5, 0.6) is 0 Å². The van der Waals surface area contributed by atoms with E-state index in [1.807, 2.05) is 0 Å². The molecular formula is C13H14Cl2FN3O. The van der Waals surface area contributed by atoms with Gasteiger partial charge >= 0.3 is 0 Å². The summed E-state index contributed by atoms with van der Waals surface area (Å²) in [6.45, 7) is 0.966. The normalized spacial score (nSPS) is 12.7. The van der Waals surface area contributed by atoms with Crippen molar-refractivity contribution in [3.8, 4) is 0 Å². The van der Waals surface area contributed by atoms with E-state index >= 15 is 0 Å². The molecule has 108 valence electrons. The molecule has 7 heteroatoms. The summed E-state index contributed by atoms with van der Waals surface area (Å²) in [6.07, 6.45) is 1.50. The van der Waals surface area contributed by atoms with Crippen LogP contribution >= 0.6 is 23.2 Å². The molecule has 0 aliphatic heterocycles. The zero-order valence-corrected chi connectivity index (χ0v) is 12.3. The van der Waals surface area contributed by atoms with Gasteiger partial charge in [0.15, 0.2) is 0 Å². The van der Waals surface area contributed by atoms with E-state index in [-0.39, 0.29) is 5.02 Å². The van der Waals surface area contributed by atoms with Crippen molar-refractivity contribution in [3.63, 3.8) is 0 Å². The van der Waals surface area contributed by atoms with Crippen LogP contribution < -0.4 is 5.73 Å². The zero-order valence-electron chi connectivity index (χ0n) is 10.8. The number of aromatic nitrogens is 2. The van der Waals surface area contributed by atoms with Gasteiger partial charge in [0.05, 0.1) is 41.1 Å². The van der Waals surface area contributed by atoms with Crippen LogP contribution in [0.2, 0.25) is 10.0 Å². The Labute approximate surface area is 126 Å². The van der Waals surface area contributed by atoms with Gasteiger partial charge in [-0.15, -0.1) is 0 Å². The van der Waals surface area contributed by atoms with Gasteiger partial charge in [0.1, 0.15) is 5.82 Å². The third-order valence-electron chi connectivity index (χ3n) is 2.95. The van der Waals surface area contributed by atoms with E-state index in [0.717, 1.165) is 0 Å². The van der Waals surface area contributed by atoms with Gasteiger partial charge in [0, 0.05) is 7.11 Å². The molecule has 0 spiro atoms. The first-order valence-electron chi connectivity index (χ1n) is 5.96. The molecule has 2 aromatic rings. The predicted octanol–water partition coefficient (Wildman–Crippen LogP) is 3.02. The third kappa shape index (κ3) is 2.96. The van der Waals surface area contributed by atoms with Crippen LogP contribution in [-0.2, 0) is 11.3 Å². The summed E-state index contributed by atoms with van der Waals surface area (Å²) < 4.78 is 20.2. The zero-order chi connectivity index (χ0) is 14.7. The van der Waals surface area contributed by atoms with Crippen LogP contribution in [0.15, 0.2) is 24.4 Å². The number of methoxy groups -OCH3 is 1. The van der Waals surface area contributed by atoms with Crippen molar-refractivity contribution >= 4 is 23.2 Å². The monoisotopic (exact) mass is 317 g/mol. The lowest BCUT2D eigenvalue weighted by molar-refractivity contribution is 0.182. The molecule has 2 N–H and O–H groups in total. The van der Waals surface area contributed by atoms with Gasteiger partial charge < -0.3 is 10.5 Å². The maximum atomic E-state index is 13.5. The Morgan fingerprint density at radius 2 is 2.20 bits per heavy atom. The number of halogens is 3. The quantitative estimate of drug-likeness (QED) is 0.922. The second-order valence-corrected chi connectivity index (χ2v) is 5.00. The van der Waals surface area contributed by atoms with Crippen molar-refractivity contribution in [1.82, 2.24) is 9.78 Å². The number of hydrogen-bond donors (Lipinski definition) is 1. The minimum atomic E-state index is -0.662. The van der Waals surface area contributed by atoms with E-state index in [1.54, 1.807) is 23.9 Å². The number of ether oxygens (including phenoxy) is 1. The summed E-state index contributed by atoms with van der Waals surface area (Å²) in [7, 11) is 1.59. The molecule has 0 fully saturated rings. The summed E-state index contributed by atoms with van der Waals surface area (Å²) in [5.41, 5.74) is 7.21. The SMILES string of the molecule is COCCn1ncc(Cl)c1C(N)c1cccc(F)c1Cl. The van der Waals surface area contributed by atoms with Crippen molar-refractivity contribution in [2.75, 3.05) is 13.7 Å². The van der Waals surface area contributed by atoms with Crippen LogP contribution in [0.3, 0.4) is 0 Å². The van der Waals surface area contributed by atoms with Gasteiger partial charge in [-0.05, 0) is 11.6 Å². The minimum Gasteiger partial charge on any atom is -0.383 e. The fraction of sp³-hybridized carbons (Fsp3) is 0.308. The first-order chi connectivity index (χ1) is 9.56. The van der Waals surface area contributed by atoms with E-state index in [2.05, 4.69) is 5.10 Å². The predicted molar refractivity (Wildman–Crippen MR) is 76.6 cm³/mol. The van der Waals surface area contributed by atoms with Gasteiger partial charge in [-0.3, -0.25) is 4.68 Å². The molecule has 1 unspecified atom stereocenters. The molecule has 0 aliphatic rings. The highest BCUT2D eigenvalue weighted by Gasteiger charge is 2.21. The standard InChI is InChI=1S/C13H14Cl2FN3O/c1-20-6-5-19-13(9(14)7-18-19)12(17)8-3-2-4-10(16)11(8)15/h2-4,7,12H,5-6,17H2,1H3. The summed E-state index contributed by atoms with van der Waals surface area (Å²) >= 11 is 12.1.